The summed E-state index contributed by atoms with van der Waals surface area (Å²) in [5.74, 6) is 0.818. The van der Waals surface area contributed by atoms with Crippen molar-refractivity contribution < 1.29 is 9.59 Å². The third-order valence-corrected chi connectivity index (χ3v) is 7.31. The van der Waals surface area contributed by atoms with Crippen LogP contribution in [0.1, 0.15) is 56.6 Å². The second-order valence-corrected chi connectivity index (χ2v) is 10.2. The molecular weight excluding hydrogens is 440 g/mol. The van der Waals surface area contributed by atoms with Crippen LogP contribution in [-0.2, 0) is 16.1 Å². The fourth-order valence-electron chi connectivity index (χ4n) is 3.95. The standard InChI is InChI=1S/C26H33ClN2O2S/c1-19-9-11-21(12-10-19)18-29(20(2)26(31)28-23-6-3-4-7-23)25(30)8-5-17-32-24-15-13-22(27)14-16-24/h9-16,20,23H,3-8,17-18H2,1-2H3,(H,28,31). The average Bonchev–Trinajstić information content (AvgIpc) is 3.30. The number of halogens is 1. The van der Waals surface area contributed by atoms with E-state index in [-0.39, 0.29) is 17.9 Å². The van der Waals surface area contributed by atoms with Crippen LogP contribution < -0.4 is 5.32 Å². The van der Waals surface area contributed by atoms with Gasteiger partial charge in [0, 0.05) is 28.9 Å². The zero-order valence-corrected chi connectivity index (χ0v) is 20.6. The number of hydrogen-bond donors (Lipinski definition) is 1. The molecule has 0 heterocycles. The van der Waals surface area contributed by atoms with Crippen molar-refractivity contribution in [1.29, 1.82) is 0 Å². The molecule has 2 aromatic rings. The number of benzene rings is 2. The van der Waals surface area contributed by atoms with Gasteiger partial charge in [-0.2, -0.15) is 0 Å². The van der Waals surface area contributed by atoms with Crippen LogP contribution >= 0.6 is 23.4 Å². The van der Waals surface area contributed by atoms with Crippen LogP contribution in [0.15, 0.2) is 53.4 Å². The van der Waals surface area contributed by atoms with E-state index in [0.717, 1.165) is 53.3 Å². The monoisotopic (exact) mass is 472 g/mol. The van der Waals surface area contributed by atoms with Crippen LogP contribution in [0.4, 0.5) is 0 Å². The summed E-state index contributed by atoms with van der Waals surface area (Å²) in [5.41, 5.74) is 2.22. The lowest BCUT2D eigenvalue weighted by molar-refractivity contribution is -0.140. The van der Waals surface area contributed by atoms with Gasteiger partial charge in [-0.15, -0.1) is 11.8 Å². The number of rotatable bonds is 10. The highest BCUT2D eigenvalue weighted by molar-refractivity contribution is 7.99. The number of nitrogens with one attached hydrogen (secondary N) is 1. The largest absolute Gasteiger partial charge is 0.352 e. The van der Waals surface area contributed by atoms with Gasteiger partial charge in [-0.25, -0.2) is 0 Å². The fraction of sp³-hybridized carbons (Fsp3) is 0.462. The minimum Gasteiger partial charge on any atom is -0.352 e. The molecule has 1 saturated carbocycles. The molecule has 4 nitrogen and oxygen atoms in total. The quantitative estimate of drug-likeness (QED) is 0.341. The Bertz CT molecular complexity index is 880. The first kappa shape index (κ1) is 24.7. The molecule has 0 aromatic heterocycles. The van der Waals surface area contributed by atoms with Gasteiger partial charge in [-0.05, 0) is 68.7 Å². The Kier molecular flexibility index (Phi) is 9.49. The van der Waals surface area contributed by atoms with Gasteiger partial charge in [0.25, 0.3) is 0 Å². The van der Waals surface area contributed by atoms with Crippen molar-refractivity contribution in [2.45, 2.75) is 75.9 Å². The average molecular weight is 473 g/mol. The Morgan fingerprint density at radius 3 is 2.41 bits per heavy atom. The summed E-state index contributed by atoms with van der Waals surface area (Å²) in [6.07, 6.45) is 5.58. The molecule has 1 aliphatic carbocycles. The Morgan fingerprint density at radius 1 is 1.09 bits per heavy atom. The SMILES string of the molecule is Cc1ccc(CN(C(=O)CCCSc2ccc(Cl)cc2)C(C)C(=O)NC2CCCC2)cc1. The Labute approximate surface area is 201 Å². The second-order valence-electron chi connectivity index (χ2n) is 8.58. The van der Waals surface area contributed by atoms with E-state index in [1.54, 1.807) is 16.7 Å². The van der Waals surface area contributed by atoms with Crippen molar-refractivity contribution in [2.24, 2.45) is 0 Å². The molecule has 1 unspecified atom stereocenters. The van der Waals surface area contributed by atoms with Gasteiger partial charge in [0.2, 0.25) is 11.8 Å². The molecule has 1 N–H and O–H groups in total. The van der Waals surface area contributed by atoms with Crippen molar-refractivity contribution in [3.8, 4) is 0 Å². The number of thioether (sulfide) groups is 1. The molecule has 6 heteroatoms. The fourth-order valence-corrected chi connectivity index (χ4v) is 4.93. The van der Waals surface area contributed by atoms with Crippen LogP contribution in [0.2, 0.25) is 5.02 Å². The van der Waals surface area contributed by atoms with Gasteiger partial charge in [-0.1, -0.05) is 54.3 Å². The van der Waals surface area contributed by atoms with Crippen molar-refractivity contribution >= 4 is 35.2 Å². The molecule has 3 rings (SSSR count). The number of carbonyl (C=O) groups is 2. The zero-order valence-electron chi connectivity index (χ0n) is 19.0. The molecule has 0 spiro atoms. The summed E-state index contributed by atoms with van der Waals surface area (Å²) in [5, 5.41) is 3.88. The maximum Gasteiger partial charge on any atom is 0.242 e. The van der Waals surface area contributed by atoms with Gasteiger partial charge in [-0.3, -0.25) is 9.59 Å². The van der Waals surface area contributed by atoms with Crippen molar-refractivity contribution in [3.05, 3.63) is 64.7 Å². The van der Waals surface area contributed by atoms with E-state index >= 15 is 0 Å². The molecule has 2 aromatic carbocycles. The first-order valence-corrected chi connectivity index (χ1v) is 12.8. The first-order valence-electron chi connectivity index (χ1n) is 11.5. The molecule has 0 radical (unpaired) electrons. The number of hydrogen-bond acceptors (Lipinski definition) is 3. The van der Waals surface area contributed by atoms with E-state index in [0.29, 0.717) is 13.0 Å². The van der Waals surface area contributed by atoms with Crippen LogP contribution in [0.25, 0.3) is 0 Å². The van der Waals surface area contributed by atoms with Crippen LogP contribution in [0.5, 0.6) is 0 Å². The van der Waals surface area contributed by atoms with E-state index in [9.17, 15) is 9.59 Å². The summed E-state index contributed by atoms with van der Waals surface area (Å²) in [6, 6.07) is 15.7. The number of amides is 2. The van der Waals surface area contributed by atoms with Crippen molar-refractivity contribution in [1.82, 2.24) is 10.2 Å². The zero-order chi connectivity index (χ0) is 22.9. The molecule has 172 valence electrons. The van der Waals surface area contributed by atoms with Crippen molar-refractivity contribution in [2.75, 3.05) is 5.75 Å². The van der Waals surface area contributed by atoms with Gasteiger partial charge in [0.05, 0.1) is 0 Å². The topological polar surface area (TPSA) is 49.4 Å². The molecule has 0 aliphatic heterocycles. The number of aryl methyl sites for hydroxylation is 1. The highest BCUT2D eigenvalue weighted by atomic mass is 35.5. The molecule has 1 fully saturated rings. The summed E-state index contributed by atoms with van der Waals surface area (Å²) < 4.78 is 0. The maximum atomic E-state index is 13.2. The van der Waals surface area contributed by atoms with Gasteiger partial charge in [0.1, 0.15) is 6.04 Å². The van der Waals surface area contributed by atoms with E-state index in [2.05, 4.69) is 5.32 Å². The van der Waals surface area contributed by atoms with Crippen molar-refractivity contribution in [3.63, 3.8) is 0 Å². The molecule has 0 saturated heterocycles. The third kappa shape index (κ3) is 7.56. The smallest absolute Gasteiger partial charge is 0.242 e. The summed E-state index contributed by atoms with van der Waals surface area (Å²) in [6.45, 7) is 4.34. The van der Waals surface area contributed by atoms with Crippen LogP contribution in [0.3, 0.4) is 0 Å². The Balaban J connectivity index is 1.59. The molecule has 32 heavy (non-hydrogen) atoms. The molecule has 1 aliphatic rings. The third-order valence-electron chi connectivity index (χ3n) is 5.96. The first-order chi connectivity index (χ1) is 15.4. The Hall–Kier alpha value is -1.98. The minimum absolute atomic E-state index is 0.0244. The van der Waals surface area contributed by atoms with E-state index < -0.39 is 6.04 Å². The van der Waals surface area contributed by atoms with E-state index in [4.69, 9.17) is 11.6 Å². The molecular formula is C26H33ClN2O2S. The lowest BCUT2D eigenvalue weighted by Crippen LogP contribution is -2.49. The lowest BCUT2D eigenvalue weighted by Gasteiger charge is -2.30. The van der Waals surface area contributed by atoms with Crippen LogP contribution in [0, 0.1) is 6.92 Å². The maximum absolute atomic E-state index is 13.2. The predicted octanol–water partition coefficient (Wildman–Crippen LogP) is 6.00. The minimum atomic E-state index is -0.492. The van der Waals surface area contributed by atoms with Gasteiger partial charge in [0.15, 0.2) is 0 Å². The second kappa shape index (κ2) is 12.3. The lowest BCUT2D eigenvalue weighted by atomic mass is 10.1. The number of nitrogens with zero attached hydrogens (tertiary/aromatic N) is 1. The predicted molar refractivity (Wildman–Crippen MR) is 133 cm³/mol. The highest BCUT2D eigenvalue weighted by Gasteiger charge is 2.28. The normalized spacial score (nSPS) is 14.8. The van der Waals surface area contributed by atoms with E-state index in [1.165, 1.54) is 5.56 Å². The molecule has 2 amide bonds. The number of carbonyl (C=O) groups excluding carboxylic acids is 2. The highest BCUT2D eigenvalue weighted by Crippen LogP contribution is 2.22. The summed E-state index contributed by atoms with van der Waals surface area (Å²) >= 11 is 7.66. The van der Waals surface area contributed by atoms with Gasteiger partial charge < -0.3 is 10.2 Å². The molecule has 1 atom stereocenters. The van der Waals surface area contributed by atoms with E-state index in [1.807, 2.05) is 62.4 Å². The summed E-state index contributed by atoms with van der Waals surface area (Å²) in [4.78, 5) is 29.0. The van der Waals surface area contributed by atoms with Gasteiger partial charge >= 0.3 is 0 Å². The molecule has 0 bridgehead atoms. The Morgan fingerprint density at radius 2 is 1.75 bits per heavy atom. The summed E-state index contributed by atoms with van der Waals surface area (Å²) in [7, 11) is 0. The van der Waals surface area contributed by atoms with Crippen LogP contribution in [-0.4, -0.2) is 34.6 Å².